The van der Waals surface area contributed by atoms with Crippen molar-refractivity contribution in [2.45, 2.75) is 50.4 Å². The molecule has 27 heavy (non-hydrogen) atoms. The summed E-state index contributed by atoms with van der Waals surface area (Å²) < 4.78 is 0. The van der Waals surface area contributed by atoms with Crippen LogP contribution in [-0.2, 0) is 15.0 Å². The molecule has 5 heteroatoms. The summed E-state index contributed by atoms with van der Waals surface area (Å²) in [5.74, 6) is 0.671. The van der Waals surface area contributed by atoms with Gasteiger partial charge in [0, 0.05) is 30.2 Å². The van der Waals surface area contributed by atoms with E-state index in [2.05, 4.69) is 11.4 Å². The first-order valence-electron chi connectivity index (χ1n) is 10.1. The van der Waals surface area contributed by atoms with E-state index in [1.54, 1.807) is 0 Å². The molecule has 1 N–H and O–H groups in total. The van der Waals surface area contributed by atoms with Gasteiger partial charge in [-0.25, -0.2) is 0 Å². The van der Waals surface area contributed by atoms with E-state index in [1.807, 2.05) is 29.2 Å². The van der Waals surface area contributed by atoms with Crippen LogP contribution >= 0.6 is 11.6 Å². The molecule has 0 aromatic heterocycles. The van der Waals surface area contributed by atoms with Gasteiger partial charge in [0.2, 0.25) is 11.8 Å². The molecule has 2 amide bonds. The van der Waals surface area contributed by atoms with E-state index in [-0.39, 0.29) is 17.2 Å². The van der Waals surface area contributed by atoms with E-state index >= 15 is 0 Å². The lowest BCUT2D eigenvalue weighted by Crippen LogP contribution is -2.45. The second kappa shape index (κ2) is 7.67. The molecule has 1 atom stereocenters. The van der Waals surface area contributed by atoms with Crippen molar-refractivity contribution in [1.82, 2.24) is 10.2 Å². The molecule has 0 spiro atoms. The number of nitrogens with zero attached hydrogens (tertiary/aromatic N) is 1. The largest absolute Gasteiger partial charge is 0.355 e. The van der Waals surface area contributed by atoms with Crippen LogP contribution < -0.4 is 5.32 Å². The van der Waals surface area contributed by atoms with Crippen LogP contribution in [0.1, 0.15) is 50.5 Å². The molecule has 4 rings (SSSR count). The Hall–Kier alpha value is -1.81. The molecular formula is C22H27ClN2O2. The number of hydrogen-bond donors (Lipinski definition) is 1. The van der Waals surface area contributed by atoms with Crippen LogP contribution in [0.2, 0.25) is 5.02 Å². The number of carbonyl (C=O) groups excluding carboxylic acids is 2. The number of benzene rings is 1. The highest BCUT2D eigenvalue weighted by Crippen LogP contribution is 2.48. The van der Waals surface area contributed by atoms with E-state index in [1.165, 1.54) is 0 Å². The van der Waals surface area contributed by atoms with Crippen molar-refractivity contribution in [2.75, 3.05) is 19.6 Å². The summed E-state index contributed by atoms with van der Waals surface area (Å²) in [6, 6.07) is 7.63. The fourth-order valence-electron chi connectivity index (χ4n) is 4.43. The monoisotopic (exact) mass is 386 g/mol. The molecule has 0 radical (unpaired) electrons. The Morgan fingerprint density at radius 2 is 1.96 bits per heavy atom. The molecule has 1 heterocycles. The highest BCUT2D eigenvalue weighted by atomic mass is 35.5. The lowest BCUT2D eigenvalue weighted by Gasteiger charge is -2.33. The zero-order chi connectivity index (χ0) is 18.9. The minimum Gasteiger partial charge on any atom is -0.355 e. The van der Waals surface area contributed by atoms with Crippen LogP contribution in [-0.4, -0.2) is 36.3 Å². The topological polar surface area (TPSA) is 49.4 Å². The molecule has 1 saturated heterocycles. The highest BCUT2D eigenvalue weighted by Gasteiger charge is 2.51. The molecule has 2 aliphatic carbocycles. The quantitative estimate of drug-likeness (QED) is 0.835. The van der Waals surface area contributed by atoms with E-state index in [0.717, 1.165) is 69.2 Å². The van der Waals surface area contributed by atoms with E-state index in [0.29, 0.717) is 17.5 Å². The number of allylic oxidation sites excluding steroid dienone is 1. The first kappa shape index (κ1) is 18.5. The van der Waals surface area contributed by atoms with Crippen molar-refractivity contribution in [2.24, 2.45) is 5.92 Å². The number of likely N-dealkylation sites (tertiary alicyclic amines) is 1. The van der Waals surface area contributed by atoms with Gasteiger partial charge in [-0.1, -0.05) is 29.8 Å². The molecule has 2 fully saturated rings. The van der Waals surface area contributed by atoms with E-state index < -0.39 is 0 Å². The molecule has 0 bridgehead atoms. The third kappa shape index (κ3) is 3.91. The Morgan fingerprint density at radius 3 is 2.63 bits per heavy atom. The minimum atomic E-state index is -0.372. The van der Waals surface area contributed by atoms with Crippen LogP contribution in [0.25, 0.3) is 0 Å². The lowest BCUT2D eigenvalue weighted by atomic mass is 9.93. The maximum absolute atomic E-state index is 12.8. The Labute approximate surface area is 165 Å². The number of nitrogens with one attached hydrogen (secondary N) is 1. The molecule has 1 aromatic carbocycles. The number of hydrogen-bond acceptors (Lipinski definition) is 2. The Bertz CT molecular complexity index is 752. The summed E-state index contributed by atoms with van der Waals surface area (Å²) in [7, 11) is 0. The minimum absolute atomic E-state index is 0.117. The smallest absolute Gasteiger partial charge is 0.249 e. The van der Waals surface area contributed by atoms with Crippen LogP contribution in [0.3, 0.4) is 0 Å². The first-order valence-corrected chi connectivity index (χ1v) is 10.5. The summed E-state index contributed by atoms with van der Waals surface area (Å²) in [6.45, 7) is 2.25. The van der Waals surface area contributed by atoms with Crippen LogP contribution in [0, 0.1) is 5.92 Å². The molecule has 1 aliphatic heterocycles. The number of halogens is 1. The maximum Gasteiger partial charge on any atom is 0.249 e. The third-order valence-electron chi connectivity index (χ3n) is 6.25. The van der Waals surface area contributed by atoms with Crippen molar-refractivity contribution in [1.29, 1.82) is 0 Å². The summed E-state index contributed by atoms with van der Waals surface area (Å²) in [6.07, 6.45) is 9.01. The zero-order valence-electron chi connectivity index (χ0n) is 15.7. The lowest BCUT2D eigenvalue weighted by molar-refractivity contribution is -0.129. The predicted octanol–water partition coefficient (Wildman–Crippen LogP) is 3.84. The number of amides is 2. The van der Waals surface area contributed by atoms with Crippen molar-refractivity contribution in [3.8, 4) is 0 Å². The van der Waals surface area contributed by atoms with Crippen molar-refractivity contribution < 1.29 is 9.59 Å². The zero-order valence-corrected chi connectivity index (χ0v) is 16.4. The van der Waals surface area contributed by atoms with Gasteiger partial charge in [-0.05, 0) is 68.6 Å². The number of rotatable bonds is 5. The second-order valence-electron chi connectivity index (χ2n) is 8.18. The fourth-order valence-corrected chi connectivity index (χ4v) is 4.56. The SMILES string of the molecule is O=C(C1=CCCC1)N1CCC[C@H](CNC(=O)C2(c3ccc(Cl)cc3)CC2)C1. The van der Waals surface area contributed by atoms with Crippen LogP contribution in [0.15, 0.2) is 35.9 Å². The fraction of sp³-hybridized carbons (Fsp3) is 0.545. The van der Waals surface area contributed by atoms with Gasteiger partial charge in [0.25, 0.3) is 0 Å². The Morgan fingerprint density at radius 1 is 1.19 bits per heavy atom. The van der Waals surface area contributed by atoms with Crippen molar-refractivity contribution in [3.05, 3.63) is 46.5 Å². The van der Waals surface area contributed by atoms with E-state index in [4.69, 9.17) is 11.6 Å². The average molecular weight is 387 g/mol. The third-order valence-corrected chi connectivity index (χ3v) is 6.51. The van der Waals surface area contributed by atoms with Crippen LogP contribution in [0.4, 0.5) is 0 Å². The van der Waals surface area contributed by atoms with Crippen molar-refractivity contribution in [3.63, 3.8) is 0 Å². The first-order chi connectivity index (χ1) is 13.1. The van der Waals surface area contributed by atoms with Gasteiger partial charge in [-0.3, -0.25) is 9.59 Å². The average Bonchev–Trinajstić information content (AvgIpc) is 3.32. The molecular weight excluding hydrogens is 360 g/mol. The normalized spacial score (nSPS) is 23.7. The molecule has 1 aromatic rings. The summed E-state index contributed by atoms with van der Waals surface area (Å²) in [4.78, 5) is 27.5. The number of piperidine rings is 1. The molecule has 3 aliphatic rings. The second-order valence-corrected chi connectivity index (χ2v) is 8.62. The van der Waals surface area contributed by atoms with E-state index in [9.17, 15) is 9.59 Å². The van der Waals surface area contributed by atoms with Gasteiger partial charge in [0.05, 0.1) is 5.41 Å². The highest BCUT2D eigenvalue weighted by molar-refractivity contribution is 6.30. The summed E-state index contributed by atoms with van der Waals surface area (Å²) in [5, 5.41) is 3.87. The van der Waals surface area contributed by atoms with Crippen LogP contribution in [0.5, 0.6) is 0 Å². The van der Waals surface area contributed by atoms with Gasteiger partial charge < -0.3 is 10.2 Å². The Kier molecular flexibility index (Phi) is 5.27. The molecule has 4 nitrogen and oxygen atoms in total. The van der Waals surface area contributed by atoms with Gasteiger partial charge in [-0.15, -0.1) is 0 Å². The standard InChI is InChI=1S/C22H27ClN2O2/c23-19-9-7-18(8-10-19)22(11-12-22)21(27)24-14-16-4-3-13-25(15-16)20(26)17-5-1-2-6-17/h5,7-10,16H,1-4,6,11-15H2,(H,24,27)/t16-/m1/s1. The van der Waals surface area contributed by atoms with Gasteiger partial charge >= 0.3 is 0 Å². The summed E-state index contributed by atoms with van der Waals surface area (Å²) >= 11 is 5.97. The molecule has 144 valence electrons. The number of carbonyl (C=O) groups is 2. The summed E-state index contributed by atoms with van der Waals surface area (Å²) in [5.41, 5.74) is 1.67. The van der Waals surface area contributed by atoms with Gasteiger partial charge in [0.1, 0.15) is 0 Å². The predicted molar refractivity (Wildman–Crippen MR) is 107 cm³/mol. The molecule has 1 saturated carbocycles. The van der Waals surface area contributed by atoms with Crippen molar-refractivity contribution >= 4 is 23.4 Å². The van der Waals surface area contributed by atoms with Gasteiger partial charge in [-0.2, -0.15) is 0 Å². The molecule has 0 unspecified atom stereocenters. The van der Waals surface area contributed by atoms with Gasteiger partial charge in [0.15, 0.2) is 0 Å². The Balaban J connectivity index is 1.32. The maximum atomic E-state index is 12.8.